The molecule has 2 heteroatoms. The predicted octanol–water partition coefficient (Wildman–Crippen LogP) is 7.80. The van der Waals surface area contributed by atoms with E-state index in [1.54, 1.807) is 5.57 Å². The van der Waals surface area contributed by atoms with Crippen LogP contribution < -0.4 is 0 Å². The molecule has 1 nitrogen and oxygen atoms in total. The Morgan fingerprint density at radius 3 is 2.59 bits per heavy atom. The molecule has 0 spiro atoms. The van der Waals surface area contributed by atoms with Crippen LogP contribution in [0.25, 0.3) is 0 Å². The summed E-state index contributed by atoms with van der Waals surface area (Å²) in [5, 5.41) is 10.3. The molecule has 2 saturated carbocycles. The fourth-order valence-electron chi connectivity index (χ4n) is 8.52. The second kappa shape index (κ2) is 9.12. The van der Waals surface area contributed by atoms with E-state index in [1.165, 1.54) is 62.2 Å². The van der Waals surface area contributed by atoms with Crippen molar-refractivity contribution in [3.8, 4) is 0 Å². The van der Waals surface area contributed by atoms with E-state index in [0.717, 1.165) is 54.3 Å². The van der Waals surface area contributed by atoms with Crippen LogP contribution in [0.1, 0.15) is 98.3 Å². The quantitative estimate of drug-likeness (QED) is 0.219. The first-order chi connectivity index (χ1) is 13.8. The van der Waals surface area contributed by atoms with Crippen LogP contribution >= 0.6 is 22.6 Å². The fraction of sp³-hybridized carbons (Fsp3) is 0.926. The Morgan fingerprint density at radius 1 is 1.07 bits per heavy atom. The first-order valence-electron chi connectivity index (χ1n) is 12.8. The molecule has 0 bridgehead atoms. The zero-order valence-corrected chi connectivity index (χ0v) is 21.6. The summed E-state index contributed by atoms with van der Waals surface area (Å²) in [6.07, 6.45) is 14.7. The number of halogens is 1. The predicted molar refractivity (Wildman–Crippen MR) is 132 cm³/mol. The van der Waals surface area contributed by atoms with Crippen LogP contribution in [0.2, 0.25) is 0 Å². The molecule has 29 heavy (non-hydrogen) atoms. The lowest BCUT2D eigenvalue weighted by Crippen LogP contribution is -2.46. The van der Waals surface area contributed by atoms with Crippen LogP contribution in [0.4, 0.5) is 0 Å². The average Bonchev–Trinajstić information content (AvgIpc) is 3.04. The van der Waals surface area contributed by atoms with E-state index in [0.29, 0.717) is 5.41 Å². The van der Waals surface area contributed by atoms with Crippen molar-refractivity contribution in [2.75, 3.05) is 4.43 Å². The Balaban J connectivity index is 1.51. The van der Waals surface area contributed by atoms with Gasteiger partial charge in [0.05, 0.1) is 6.10 Å². The average molecular weight is 513 g/mol. The summed E-state index contributed by atoms with van der Waals surface area (Å²) < 4.78 is 1.25. The van der Waals surface area contributed by atoms with Gasteiger partial charge in [-0.25, -0.2) is 0 Å². The monoisotopic (exact) mass is 512 g/mol. The highest BCUT2D eigenvalue weighted by Crippen LogP contribution is 2.65. The zero-order valence-electron chi connectivity index (χ0n) is 19.4. The van der Waals surface area contributed by atoms with Gasteiger partial charge in [-0.05, 0) is 98.2 Å². The van der Waals surface area contributed by atoms with Gasteiger partial charge in [-0.3, -0.25) is 0 Å². The summed E-state index contributed by atoms with van der Waals surface area (Å²) in [5.41, 5.74) is 4.14. The number of fused-ring (bicyclic) bond motifs is 4. The molecule has 1 N–H and O–H groups in total. The maximum atomic E-state index is 10.3. The highest BCUT2D eigenvalue weighted by atomic mass is 127. The Morgan fingerprint density at radius 2 is 1.86 bits per heavy atom. The van der Waals surface area contributed by atoms with E-state index >= 15 is 0 Å². The van der Waals surface area contributed by atoms with Crippen molar-refractivity contribution in [2.45, 2.75) is 104 Å². The summed E-state index contributed by atoms with van der Waals surface area (Å²) >= 11 is 2.63. The third-order valence-corrected chi connectivity index (χ3v) is 11.0. The molecule has 4 aliphatic rings. The first kappa shape index (κ1) is 22.6. The van der Waals surface area contributed by atoms with E-state index in [4.69, 9.17) is 0 Å². The molecule has 0 amide bonds. The highest BCUT2D eigenvalue weighted by molar-refractivity contribution is 14.1. The molecule has 166 valence electrons. The van der Waals surface area contributed by atoms with Gasteiger partial charge in [0, 0.05) is 4.43 Å². The minimum Gasteiger partial charge on any atom is -0.393 e. The summed E-state index contributed by atoms with van der Waals surface area (Å²) in [6, 6.07) is 0. The summed E-state index contributed by atoms with van der Waals surface area (Å²) in [4.78, 5) is 0. The molecule has 2 fully saturated rings. The lowest BCUT2D eigenvalue weighted by Gasteiger charge is -2.54. The highest BCUT2D eigenvalue weighted by Gasteiger charge is 2.56. The number of alkyl halides is 1. The van der Waals surface area contributed by atoms with E-state index in [9.17, 15) is 5.11 Å². The van der Waals surface area contributed by atoms with Gasteiger partial charge in [0.25, 0.3) is 0 Å². The van der Waals surface area contributed by atoms with Crippen molar-refractivity contribution in [1.82, 2.24) is 0 Å². The van der Waals surface area contributed by atoms with Crippen molar-refractivity contribution in [2.24, 2.45) is 46.8 Å². The molecule has 0 aliphatic heterocycles. The second-order valence-electron chi connectivity index (χ2n) is 11.9. The smallest absolute Gasteiger partial charge is 0.0580 e. The molecule has 0 radical (unpaired) electrons. The van der Waals surface area contributed by atoms with Crippen molar-refractivity contribution in [1.29, 1.82) is 0 Å². The normalized spacial score (nSPS) is 43.1. The molecule has 8 atom stereocenters. The molecule has 4 rings (SSSR count). The molecule has 4 aliphatic carbocycles. The SMILES string of the molecule is CC(C)CCCC(C)[C@H]1CCC2C3C[C@@H](CI)C4=C(CC[C@H](O)C4)C3CC[C@@]21C. The van der Waals surface area contributed by atoms with E-state index in [2.05, 4.69) is 50.3 Å². The van der Waals surface area contributed by atoms with Gasteiger partial charge in [-0.15, -0.1) is 0 Å². The summed E-state index contributed by atoms with van der Waals surface area (Å²) in [6.45, 7) is 10.0. The molecular weight excluding hydrogens is 467 g/mol. The standard InChI is InChI=1S/C27H45IO/c1-17(2)6-5-7-18(3)25-10-11-26-24-14-19(16-28)23-15-20(29)8-9-21(23)22(24)12-13-27(25,26)4/h17-20,22,24-26,29H,5-16H2,1-4H3/t18?,19-,20-,22?,24?,25+,26?,27+/m0/s1. The van der Waals surface area contributed by atoms with Gasteiger partial charge < -0.3 is 5.11 Å². The largest absolute Gasteiger partial charge is 0.393 e. The lowest BCUT2D eigenvalue weighted by atomic mass is 9.51. The van der Waals surface area contributed by atoms with Gasteiger partial charge in [-0.1, -0.05) is 80.7 Å². The Labute approximate surface area is 194 Å². The summed E-state index contributed by atoms with van der Waals surface area (Å²) in [7, 11) is 0. The molecular formula is C27H45IO. The molecule has 0 aromatic heterocycles. The minimum absolute atomic E-state index is 0.0628. The number of rotatable bonds is 6. The van der Waals surface area contributed by atoms with Gasteiger partial charge >= 0.3 is 0 Å². The molecule has 0 saturated heterocycles. The van der Waals surface area contributed by atoms with Crippen molar-refractivity contribution < 1.29 is 5.11 Å². The van der Waals surface area contributed by atoms with Crippen LogP contribution in [0.3, 0.4) is 0 Å². The van der Waals surface area contributed by atoms with Gasteiger partial charge in [0.1, 0.15) is 0 Å². The molecule has 0 aromatic rings. The number of hydrogen-bond acceptors (Lipinski definition) is 1. The fourth-order valence-corrected chi connectivity index (χ4v) is 9.41. The van der Waals surface area contributed by atoms with Crippen LogP contribution in [0.5, 0.6) is 0 Å². The third-order valence-electron chi connectivity index (χ3n) is 9.94. The van der Waals surface area contributed by atoms with Crippen molar-refractivity contribution in [3.63, 3.8) is 0 Å². The van der Waals surface area contributed by atoms with Crippen LogP contribution in [0.15, 0.2) is 11.1 Å². The molecule has 4 unspecified atom stereocenters. The van der Waals surface area contributed by atoms with Crippen LogP contribution in [-0.4, -0.2) is 15.6 Å². The van der Waals surface area contributed by atoms with Gasteiger partial charge in [-0.2, -0.15) is 0 Å². The van der Waals surface area contributed by atoms with Crippen LogP contribution in [0, 0.1) is 46.8 Å². The van der Waals surface area contributed by atoms with Crippen molar-refractivity contribution >= 4 is 22.6 Å². The third kappa shape index (κ3) is 4.24. The summed E-state index contributed by atoms with van der Waals surface area (Å²) in [5.74, 6) is 6.25. The van der Waals surface area contributed by atoms with E-state index in [-0.39, 0.29) is 6.10 Å². The topological polar surface area (TPSA) is 20.2 Å². The minimum atomic E-state index is -0.0628. The number of allylic oxidation sites excluding steroid dienone is 1. The number of hydrogen-bond donors (Lipinski definition) is 1. The number of aliphatic hydroxyl groups is 1. The lowest BCUT2D eigenvalue weighted by molar-refractivity contribution is -0.0106. The Hall–Kier alpha value is 0.430. The van der Waals surface area contributed by atoms with E-state index in [1.807, 2.05) is 5.57 Å². The second-order valence-corrected chi connectivity index (χ2v) is 12.8. The van der Waals surface area contributed by atoms with Crippen molar-refractivity contribution in [3.05, 3.63) is 11.1 Å². The first-order valence-corrected chi connectivity index (χ1v) is 14.3. The van der Waals surface area contributed by atoms with E-state index < -0.39 is 0 Å². The maximum absolute atomic E-state index is 10.3. The Kier molecular flexibility index (Phi) is 7.11. The maximum Gasteiger partial charge on any atom is 0.0580 e. The number of aliphatic hydroxyl groups excluding tert-OH is 1. The van der Waals surface area contributed by atoms with Gasteiger partial charge in [0.15, 0.2) is 0 Å². The Bertz CT molecular complexity index is 610. The zero-order chi connectivity index (χ0) is 20.8. The molecule has 0 aromatic carbocycles. The molecule has 0 heterocycles. The van der Waals surface area contributed by atoms with Gasteiger partial charge in [0.2, 0.25) is 0 Å². The van der Waals surface area contributed by atoms with Crippen LogP contribution in [-0.2, 0) is 0 Å².